The molecule has 2 aliphatic rings. The molecule has 0 fully saturated rings. The predicted molar refractivity (Wildman–Crippen MR) is 234 cm³/mol. The minimum absolute atomic E-state index is 0. The molecule has 2 aliphatic heterocycles. The normalized spacial score (nSPS) is 13.7. The molecule has 5 nitrogen and oxygen atoms in total. The monoisotopic (exact) mass is 786 g/mol. The minimum atomic E-state index is -0.513. The van der Waals surface area contributed by atoms with Crippen LogP contribution in [0, 0.1) is 0 Å². The molecule has 3 aromatic heterocycles. The maximum atomic E-state index is 11.3. The van der Waals surface area contributed by atoms with Gasteiger partial charge >= 0.3 is 16.5 Å². The van der Waals surface area contributed by atoms with Crippen LogP contribution in [0.3, 0.4) is 0 Å². The van der Waals surface area contributed by atoms with Gasteiger partial charge in [0, 0.05) is 0 Å². The molecule has 8 bridgehead atoms. The van der Waals surface area contributed by atoms with Crippen molar-refractivity contribution in [2.75, 3.05) is 0 Å². The zero-order valence-corrected chi connectivity index (χ0v) is 36.5. The molecule has 5 rings (SSSR count). The van der Waals surface area contributed by atoms with Gasteiger partial charge in [-0.05, 0) is 86.1 Å². The van der Waals surface area contributed by atoms with Gasteiger partial charge in [-0.1, -0.05) is 166 Å². The molecule has 0 saturated carbocycles. The Labute approximate surface area is 343 Å². The van der Waals surface area contributed by atoms with Gasteiger partial charge in [-0.3, -0.25) is 0 Å². The third kappa shape index (κ3) is 9.68. The Morgan fingerprint density at radius 2 is 0.891 bits per heavy atom. The van der Waals surface area contributed by atoms with E-state index < -0.39 is 6.10 Å². The van der Waals surface area contributed by atoms with Crippen LogP contribution in [0.2, 0.25) is 0 Å². The summed E-state index contributed by atoms with van der Waals surface area (Å²) in [4.78, 5) is 21.7. The molecule has 0 amide bonds. The topological polar surface area (TPSA) is 74.2 Å². The summed E-state index contributed by atoms with van der Waals surface area (Å²) in [5.74, 6) is 0. The van der Waals surface area contributed by atoms with Crippen molar-refractivity contribution < 1.29 is 21.6 Å². The van der Waals surface area contributed by atoms with Gasteiger partial charge in [0.15, 0.2) is 0 Å². The van der Waals surface area contributed by atoms with Crippen molar-refractivity contribution in [3.05, 3.63) is 74.9 Å². The Balaban J connectivity index is 0.00000673. The number of allylic oxidation sites excluding steroid dienone is 4. The number of aromatic nitrogens is 4. The zero-order valence-electron chi connectivity index (χ0n) is 35.5. The SMILES string of the molecule is CCCCCCCCCCC(O)/C=C/c1c2[n-]c(cc3nc(cc4nc(cc5[n-]c1c(CC)c5CC)C(CC)=C4CC)C(CC)=C3CC)c(CC)c2CC.[Ni+2]. The number of nitrogens with zero attached hydrogens (tertiary/aromatic N) is 4. The molecule has 0 saturated heterocycles. The molecular weight excluding hydrogens is 719 g/mol. The molecule has 0 aliphatic carbocycles. The van der Waals surface area contributed by atoms with Crippen LogP contribution in [0.1, 0.15) is 196 Å². The van der Waals surface area contributed by atoms with Crippen LogP contribution in [0.15, 0.2) is 24.3 Å². The second kappa shape index (κ2) is 21.4. The molecule has 1 unspecified atom stereocenters. The van der Waals surface area contributed by atoms with Crippen molar-refractivity contribution in [1.29, 1.82) is 0 Å². The van der Waals surface area contributed by atoms with Crippen molar-refractivity contribution in [2.45, 2.75) is 178 Å². The van der Waals surface area contributed by atoms with E-state index in [4.69, 9.17) is 19.9 Å². The summed E-state index contributed by atoms with van der Waals surface area (Å²) in [6.45, 7) is 20.2. The Morgan fingerprint density at radius 3 is 1.27 bits per heavy atom. The largest absolute Gasteiger partial charge is 2.00 e. The molecule has 5 heterocycles. The van der Waals surface area contributed by atoms with Gasteiger partial charge in [0.1, 0.15) is 0 Å². The van der Waals surface area contributed by atoms with E-state index >= 15 is 0 Å². The number of fused-ring (bicyclic) bond motifs is 8. The summed E-state index contributed by atoms with van der Waals surface area (Å²) < 4.78 is 0. The summed E-state index contributed by atoms with van der Waals surface area (Å²) in [5.41, 5.74) is 19.5. The molecule has 3 aromatic rings. The molecule has 6 heteroatoms. The summed E-state index contributed by atoms with van der Waals surface area (Å²) in [6, 6.07) is 6.74. The fourth-order valence-electron chi connectivity index (χ4n) is 8.99. The van der Waals surface area contributed by atoms with E-state index in [1.54, 1.807) is 0 Å². The smallest absolute Gasteiger partial charge is 0.657 e. The van der Waals surface area contributed by atoms with E-state index in [1.807, 2.05) is 6.08 Å². The van der Waals surface area contributed by atoms with E-state index in [-0.39, 0.29) is 16.5 Å². The molecule has 0 radical (unpaired) electrons. The van der Waals surface area contributed by atoms with Gasteiger partial charge < -0.3 is 15.1 Å². The zero-order chi connectivity index (χ0) is 38.8. The van der Waals surface area contributed by atoms with Crippen LogP contribution >= 0.6 is 0 Å². The fraction of sp³-hybridized carbons (Fsp3) is 0.551. The Kier molecular flexibility index (Phi) is 17.3. The van der Waals surface area contributed by atoms with Crippen molar-refractivity contribution in [3.8, 4) is 0 Å². The second-order valence-corrected chi connectivity index (χ2v) is 15.1. The summed E-state index contributed by atoms with van der Waals surface area (Å²) in [7, 11) is 0. The van der Waals surface area contributed by atoms with Gasteiger partial charge in [0.25, 0.3) is 0 Å². The quantitative estimate of drug-likeness (QED) is 0.0967. The number of hydrogen-bond acceptors (Lipinski definition) is 3. The number of aliphatic hydroxyl groups excluding tert-OH is 1. The van der Waals surface area contributed by atoms with Gasteiger partial charge in [-0.25, -0.2) is 9.97 Å². The summed E-state index contributed by atoms with van der Waals surface area (Å²) in [6.07, 6.45) is 21.6. The molecular formula is C49H68N4NiO. The number of rotatable bonds is 19. The number of hydrogen-bond donors (Lipinski definition) is 1. The van der Waals surface area contributed by atoms with Crippen molar-refractivity contribution in [3.63, 3.8) is 0 Å². The average molecular weight is 788 g/mol. The van der Waals surface area contributed by atoms with Crippen LogP contribution in [-0.4, -0.2) is 21.2 Å². The molecule has 1 N–H and O–H groups in total. The molecule has 0 aromatic carbocycles. The summed E-state index contributed by atoms with van der Waals surface area (Å²) in [5, 5.41) is 11.3. The number of aryl methyl sites for hydroxylation is 4. The van der Waals surface area contributed by atoms with E-state index in [1.165, 1.54) is 89.5 Å². The number of aliphatic hydroxyl groups is 1. The molecule has 0 spiro atoms. The van der Waals surface area contributed by atoms with Gasteiger partial charge in [0.2, 0.25) is 0 Å². The van der Waals surface area contributed by atoms with Crippen LogP contribution < -0.4 is 9.97 Å². The number of unbranched alkanes of at least 4 members (excludes halogenated alkanes) is 7. The third-order valence-corrected chi connectivity index (χ3v) is 11.8. The Bertz CT molecular complexity index is 1900. The first kappa shape index (κ1) is 44.5. The second-order valence-electron chi connectivity index (χ2n) is 15.1. The van der Waals surface area contributed by atoms with Crippen molar-refractivity contribution in [2.24, 2.45) is 0 Å². The van der Waals surface area contributed by atoms with Crippen molar-refractivity contribution in [1.82, 2.24) is 19.9 Å². The molecule has 55 heavy (non-hydrogen) atoms. The molecule has 1 atom stereocenters. The minimum Gasteiger partial charge on any atom is -0.657 e. The summed E-state index contributed by atoms with van der Waals surface area (Å²) >= 11 is 0. The first-order valence-corrected chi connectivity index (χ1v) is 21.8. The third-order valence-electron chi connectivity index (χ3n) is 11.8. The van der Waals surface area contributed by atoms with E-state index in [9.17, 15) is 5.11 Å². The average Bonchev–Trinajstić information content (AvgIpc) is 3.91. The fourth-order valence-corrected chi connectivity index (χ4v) is 8.99. The van der Waals surface area contributed by atoms with Crippen LogP contribution in [-0.2, 0) is 42.2 Å². The molecule has 300 valence electrons. The van der Waals surface area contributed by atoms with E-state index in [0.29, 0.717) is 0 Å². The van der Waals surface area contributed by atoms with E-state index in [2.05, 4.69) is 86.6 Å². The Hall–Kier alpha value is -3.21. The van der Waals surface area contributed by atoms with Gasteiger partial charge in [-0.2, -0.15) is 0 Å². The maximum absolute atomic E-state index is 11.3. The van der Waals surface area contributed by atoms with Gasteiger partial charge in [0.05, 0.1) is 28.9 Å². The Morgan fingerprint density at radius 1 is 0.509 bits per heavy atom. The maximum Gasteiger partial charge on any atom is 2.00 e. The van der Waals surface area contributed by atoms with E-state index in [0.717, 1.165) is 115 Å². The van der Waals surface area contributed by atoms with Crippen LogP contribution in [0.5, 0.6) is 0 Å². The first-order valence-electron chi connectivity index (χ1n) is 21.8. The van der Waals surface area contributed by atoms with Crippen molar-refractivity contribution >= 4 is 50.4 Å². The predicted octanol–water partition coefficient (Wildman–Crippen LogP) is 13.2. The van der Waals surface area contributed by atoms with Gasteiger partial charge in [-0.15, -0.1) is 22.1 Å². The van der Waals surface area contributed by atoms with Crippen LogP contribution in [0.4, 0.5) is 0 Å². The first-order chi connectivity index (χ1) is 26.3. The standard InChI is InChI=1S/C49H68N4O.Ni/c1-10-19-20-21-22-23-24-25-26-32(54)27-28-41-48-39(17-8)37(15-6)46(52-48)30-44-35(13-4)33(11-2)42(50-44)29-43-34(12-3)36(14-5)45(51-43)31-47-38(16-7)40(18-9)49(41)53-47;/h27-32,54H,10-26H2,1-9H3;/q-2;+2/b28-27+,42-29?,43-29?,44-30?,45-31?,46-30?,47-31?,48-41?,49-41?;. The van der Waals surface area contributed by atoms with Crippen LogP contribution in [0.25, 0.3) is 50.4 Å².